The number of nitrogens with one attached hydrogen (secondary N) is 1. The van der Waals surface area contributed by atoms with Crippen LogP contribution >= 0.6 is 0 Å². The van der Waals surface area contributed by atoms with E-state index in [1.54, 1.807) is 0 Å². The molecular formula is C11H20N2O2. The summed E-state index contributed by atoms with van der Waals surface area (Å²) in [5.41, 5.74) is 0. The van der Waals surface area contributed by atoms with Crippen molar-refractivity contribution in [1.29, 1.82) is 0 Å². The Balaban J connectivity index is 1.99. The predicted molar refractivity (Wildman–Crippen MR) is 57.5 cm³/mol. The fourth-order valence-corrected chi connectivity index (χ4v) is 2.41. The van der Waals surface area contributed by atoms with E-state index >= 15 is 0 Å². The second-order valence-electron chi connectivity index (χ2n) is 4.70. The molecule has 0 aromatic rings. The standard InChI is InChI=1S/C11H20N2O2/c1-8-5-12-6-10(8)11(14)13-3-4-15-7-9(13)2/h8-10,12H,3-7H2,1-2H3. The Kier molecular flexibility index (Phi) is 3.26. The molecule has 4 heteroatoms. The second kappa shape index (κ2) is 4.49. The molecule has 86 valence electrons. The highest BCUT2D eigenvalue weighted by atomic mass is 16.5. The van der Waals surface area contributed by atoms with Gasteiger partial charge in [-0.2, -0.15) is 0 Å². The lowest BCUT2D eigenvalue weighted by molar-refractivity contribution is -0.144. The van der Waals surface area contributed by atoms with Gasteiger partial charge in [-0.1, -0.05) is 6.92 Å². The minimum Gasteiger partial charge on any atom is -0.377 e. The molecule has 2 aliphatic heterocycles. The molecule has 4 nitrogen and oxygen atoms in total. The topological polar surface area (TPSA) is 41.6 Å². The summed E-state index contributed by atoms with van der Waals surface area (Å²) < 4.78 is 5.34. The molecule has 0 bridgehead atoms. The molecule has 15 heavy (non-hydrogen) atoms. The predicted octanol–water partition coefficient (Wildman–Crippen LogP) is 0.0892. The number of hydrogen-bond acceptors (Lipinski definition) is 3. The molecule has 2 aliphatic rings. The van der Waals surface area contributed by atoms with E-state index in [1.807, 2.05) is 4.90 Å². The van der Waals surface area contributed by atoms with E-state index in [-0.39, 0.29) is 12.0 Å². The number of carbonyl (C=O) groups excluding carboxylic acids is 1. The lowest BCUT2D eigenvalue weighted by Gasteiger charge is -2.35. The Hall–Kier alpha value is -0.610. The molecule has 2 fully saturated rings. The average molecular weight is 212 g/mol. The maximum absolute atomic E-state index is 12.3. The Morgan fingerprint density at radius 2 is 2.20 bits per heavy atom. The molecule has 2 rings (SSSR count). The van der Waals surface area contributed by atoms with Crippen LogP contribution in [0.5, 0.6) is 0 Å². The Morgan fingerprint density at radius 1 is 1.40 bits per heavy atom. The van der Waals surface area contributed by atoms with Gasteiger partial charge in [0.05, 0.1) is 25.2 Å². The highest BCUT2D eigenvalue weighted by molar-refractivity contribution is 5.80. The van der Waals surface area contributed by atoms with Crippen molar-refractivity contribution in [3.63, 3.8) is 0 Å². The zero-order valence-corrected chi connectivity index (χ0v) is 9.53. The molecule has 0 radical (unpaired) electrons. The number of rotatable bonds is 1. The number of nitrogens with zero attached hydrogens (tertiary/aromatic N) is 1. The quantitative estimate of drug-likeness (QED) is 0.670. The molecule has 0 aromatic carbocycles. The smallest absolute Gasteiger partial charge is 0.227 e. The maximum Gasteiger partial charge on any atom is 0.227 e. The first-order valence-electron chi connectivity index (χ1n) is 5.79. The molecule has 3 unspecified atom stereocenters. The Labute approximate surface area is 91.0 Å². The average Bonchev–Trinajstić information content (AvgIpc) is 2.64. The first-order chi connectivity index (χ1) is 7.20. The van der Waals surface area contributed by atoms with Gasteiger partial charge in [0.1, 0.15) is 0 Å². The van der Waals surface area contributed by atoms with Crippen molar-refractivity contribution in [1.82, 2.24) is 10.2 Å². The molecule has 1 N–H and O–H groups in total. The summed E-state index contributed by atoms with van der Waals surface area (Å²) in [7, 11) is 0. The van der Waals surface area contributed by atoms with Crippen molar-refractivity contribution < 1.29 is 9.53 Å². The highest BCUT2D eigenvalue weighted by Crippen LogP contribution is 2.20. The van der Waals surface area contributed by atoms with E-state index in [0.29, 0.717) is 25.0 Å². The number of amides is 1. The van der Waals surface area contributed by atoms with Gasteiger partial charge in [-0.3, -0.25) is 4.79 Å². The molecular weight excluding hydrogens is 192 g/mol. The van der Waals surface area contributed by atoms with Gasteiger partial charge in [-0.15, -0.1) is 0 Å². The summed E-state index contributed by atoms with van der Waals surface area (Å²) in [6, 6.07) is 0.235. The van der Waals surface area contributed by atoms with Gasteiger partial charge < -0.3 is 15.0 Å². The van der Waals surface area contributed by atoms with E-state index in [4.69, 9.17) is 4.74 Å². The Morgan fingerprint density at radius 3 is 2.80 bits per heavy atom. The van der Waals surface area contributed by atoms with Crippen LogP contribution in [0.25, 0.3) is 0 Å². The fourth-order valence-electron chi connectivity index (χ4n) is 2.41. The molecule has 2 heterocycles. The van der Waals surface area contributed by atoms with Gasteiger partial charge in [0.15, 0.2) is 0 Å². The van der Waals surface area contributed by atoms with E-state index in [1.165, 1.54) is 0 Å². The van der Waals surface area contributed by atoms with Crippen LogP contribution in [0.3, 0.4) is 0 Å². The number of hydrogen-bond donors (Lipinski definition) is 1. The molecule has 0 aromatic heterocycles. The minimum atomic E-state index is 0.172. The van der Waals surface area contributed by atoms with Gasteiger partial charge in [-0.25, -0.2) is 0 Å². The lowest BCUT2D eigenvalue weighted by atomic mass is 9.96. The van der Waals surface area contributed by atoms with Crippen LogP contribution in [0.1, 0.15) is 13.8 Å². The van der Waals surface area contributed by atoms with Gasteiger partial charge >= 0.3 is 0 Å². The van der Waals surface area contributed by atoms with Gasteiger partial charge in [0.2, 0.25) is 5.91 Å². The van der Waals surface area contributed by atoms with E-state index in [2.05, 4.69) is 19.2 Å². The Bertz CT molecular complexity index is 245. The van der Waals surface area contributed by atoms with Crippen LogP contribution in [0.15, 0.2) is 0 Å². The molecule has 0 spiro atoms. The van der Waals surface area contributed by atoms with E-state index < -0.39 is 0 Å². The molecule has 1 amide bonds. The number of ether oxygens (including phenoxy) is 1. The lowest BCUT2D eigenvalue weighted by Crippen LogP contribution is -2.50. The zero-order chi connectivity index (χ0) is 10.8. The zero-order valence-electron chi connectivity index (χ0n) is 9.53. The SMILES string of the molecule is CC1CNCC1C(=O)N1CCOCC1C. The van der Waals surface area contributed by atoms with Crippen LogP contribution in [0.2, 0.25) is 0 Å². The normalized spacial score (nSPS) is 36.9. The molecule has 3 atom stereocenters. The largest absolute Gasteiger partial charge is 0.377 e. The maximum atomic E-state index is 12.3. The summed E-state index contributed by atoms with van der Waals surface area (Å²) in [6.45, 7) is 8.13. The molecule has 2 saturated heterocycles. The molecule has 0 aliphatic carbocycles. The van der Waals surface area contributed by atoms with Crippen molar-refractivity contribution in [2.45, 2.75) is 19.9 Å². The monoisotopic (exact) mass is 212 g/mol. The first-order valence-corrected chi connectivity index (χ1v) is 5.79. The van der Waals surface area contributed by atoms with Crippen molar-refractivity contribution in [2.24, 2.45) is 11.8 Å². The highest BCUT2D eigenvalue weighted by Gasteiger charge is 2.35. The van der Waals surface area contributed by atoms with E-state index in [9.17, 15) is 4.79 Å². The summed E-state index contributed by atoms with van der Waals surface area (Å²) in [5.74, 6) is 0.946. The van der Waals surface area contributed by atoms with Crippen molar-refractivity contribution in [3.8, 4) is 0 Å². The van der Waals surface area contributed by atoms with Crippen LogP contribution in [-0.2, 0) is 9.53 Å². The van der Waals surface area contributed by atoms with Crippen LogP contribution in [-0.4, -0.2) is 49.7 Å². The fraction of sp³-hybridized carbons (Fsp3) is 0.909. The first kappa shape index (κ1) is 10.9. The van der Waals surface area contributed by atoms with Crippen molar-refractivity contribution in [3.05, 3.63) is 0 Å². The minimum absolute atomic E-state index is 0.172. The molecule has 0 saturated carbocycles. The van der Waals surface area contributed by atoms with Crippen LogP contribution in [0.4, 0.5) is 0 Å². The summed E-state index contributed by atoms with van der Waals surface area (Å²) >= 11 is 0. The second-order valence-corrected chi connectivity index (χ2v) is 4.70. The van der Waals surface area contributed by atoms with Crippen LogP contribution < -0.4 is 5.32 Å². The third-order valence-electron chi connectivity index (χ3n) is 3.49. The third-order valence-corrected chi connectivity index (χ3v) is 3.49. The van der Waals surface area contributed by atoms with Crippen molar-refractivity contribution in [2.75, 3.05) is 32.8 Å². The summed E-state index contributed by atoms with van der Waals surface area (Å²) in [5, 5.41) is 3.28. The number of carbonyl (C=O) groups is 1. The van der Waals surface area contributed by atoms with Gasteiger partial charge in [0, 0.05) is 13.1 Å². The summed E-state index contributed by atoms with van der Waals surface area (Å²) in [4.78, 5) is 14.2. The third kappa shape index (κ3) is 2.16. The summed E-state index contributed by atoms with van der Waals surface area (Å²) in [6.07, 6.45) is 0. The van der Waals surface area contributed by atoms with Crippen molar-refractivity contribution >= 4 is 5.91 Å². The van der Waals surface area contributed by atoms with Gasteiger partial charge in [-0.05, 0) is 19.4 Å². The van der Waals surface area contributed by atoms with E-state index in [0.717, 1.165) is 19.6 Å². The number of morpholine rings is 1. The van der Waals surface area contributed by atoms with Crippen LogP contribution in [0, 0.1) is 11.8 Å². The van der Waals surface area contributed by atoms with Gasteiger partial charge in [0.25, 0.3) is 0 Å².